The summed E-state index contributed by atoms with van der Waals surface area (Å²) in [7, 11) is 0. The number of nitrogens with one attached hydrogen (secondary N) is 2. The molecule has 2 N–H and O–H groups in total. The van der Waals surface area contributed by atoms with Crippen molar-refractivity contribution >= 4 is 18.7 Å². The third kappa shape index (κ3) is 1.30. The molecule has 0 saturated carbocycles. The minimum absolute atomic E-state index is 0.0819. The van der Waals surface area contributed by atoms with Crippen LogP contribution in [0.2, 0.25) is 0 Å². The third-order valence-electron chi connectivity index (χ3n) is 1.48. The van der Waals surface area contributed by atoms with Crippen LogP contribution in [0.5, 0.6) is 0 Å². The number of carbonyl (C=O) groups excluding carboxylic acids is 1. The Morgan fingerprint density at radius 1 is 1.67 bits per heavy atom. The highest BCUT2D eigenvalue weighted by Crippen LogP contribution is 2.01. The fraction of sp³-hybridized carbons (Fsp3) is 0.800. The first-order valence-electron chi connectivity index (χ1n) is 2.92. The van der Waals surface area contributed by atoms with Crippen LogP contribution in [-0.4, -0.2) is 23.9 Å². The molecule has 1 saturated heterocycles. The molecule has 4 heteroatoms. The monoisotopic (exact) mass is 146 g/mol. The minimum Gasteiger partial charge on any atom is -0.334 e. The molecule has 1 rings (SSSR count). The Kier molecular flexibility index (Phi) is 1.85. The zero-order valence-corrected chi connectivity index (χ0v) is 6.11. The van der Waals surface area contributed by atoms with Gasteiger partial charge < -0.3 is 10.6 Å². The Labute approximate surface area is 59.6 Å². The van der Waals surface area contributed by atoms with Crippen LogP contribution in [0.25, 0.3) is 0 Å². The van der Waals surface area contributed by atoms with Crippen LogP contribution in [-0.2, 0) is 0 Å². The highest BCUT2D eigenvalue weighted by molar-refractivity contribution is 7.80. The van der Waals surface area contributed by atoms with Crippen LogP contribution < -0.4 is 10.6 Å². The number of carbonyl (C=O) groups is 1. The summed E-state index contributed by atoms with van der Waals surface area (Å²) < 4.78 is 0. The lowest BCUT2D eigenvalue weighted by molar-refractivity contribution is 0.247. The average Bonchev–Trinajstić information content (AvgIpc) is 2.10. The van der Waals surface area contributed by atoms with Gasteiger partial charge in [-0.05, 0) is 6.92 Å². The van der Waals surface area contributed by atoms with Gasteiger partial charge in [-0.25, -0.2) is 4.79 Å². The number of hydrogen-bond acceptors (Lipinski definition) is 2. The van der Waals surface area contributed by atoms with Crippen molar-refractivity contribution in [1.29, 1.82) is 0 Å². The zero-order chi connectivity index (χ0) is 6.85. The number of urea groups is 1. The Morgan fingerprint density at radius 2 is 2.33 bits per heavy atom. The molecule has 1 fully saturated rings. The number of amides is 2. The second kappa shape index (κ2) is 2.47. The SMILES string of the molecule is CC1NC(=O)NC1CS. The van der Waals surface area contributed by atoms with Gasteiger partial charge >= 0.3 is 6.03 Å². The van der Waals surface area contributed by atoms with Crippen molar-refractivity contribution in [3.8, 4) is 0 Å². The van der Waals surface area contributed by atoms with Crippen molar-refractivity contribution in [1.82, 2.24) is 10.6 Å². The summed E-state index contributed by atoms with van der Waals surface area (Å²) in [5, 5.41) is 5.45. The lowest BCUT2D eigenvalue weighted by Crippen LogP contribution is -2.32. The highest BCUT2D eigenvalue weighted by Gasteiger charge is 2.25. The van der Waals surface area contributed by atoms with Crippen LogP contribution in [0.15, 0.2) is 0 Å². The van der Waals surface area contributed by atoms with Crippen LogP contribution in [0, 0.1) is 0 Å². The van der Waals surface area contributed by atoms with E-state index in [2.05, 4.69) is 23.3 Å². The lowest BCUT2D eigenvalue weighted by atomic mass is 10.2. The predicted octanol–water partition coefficient (Wildman–Crippen LogP) is -0.0139. The average molecular weight is 146 g/mol. The Balaban J connectivity index is 2.47. The normalized spacial score (nSPS) is 33.8. The highest BCUT2D eigenvalue weighted by atomic mass is 32.1. The summed E-state index contributed by atoms with van der Waals surface area (Å²) in [6, 6.07) is 0.331. The summed E-state index contributed by atoms with van der Waals surface area (Å²) in [5.41, 5.74) is 0. The van der Waals surface area contributed by atoms with Gasteiger partial charge in [-0.3, -0.25) is 0 Å². The molecule has 0 aliphatic carbocycles. The molecule has 2 unspecified atom stereocenters. The first-order chi connectivity index (χ1) is 4.24. The van der Waals surface area contributed by atoms with E-state index in [0.717, 1.165) is 0 Å². The maximum atomic E-state index is 10.6. The Bertz CT molecular complexity index is 128. The van der Waals surface area contributed by atoms with Crippen molar-refractivity contribution in [2.45, 2.75) is 19.0 Å². The topological polar surface area (TPSA) is 41.1 Å². The molecule has 52 valence electrons. The number of hydrogen-bond donors (Lipinski definition) is 3. The van der Waals surface area contributed by atoms with Crippen LogP contribution in [0.1, 0.15) is 6.92 Å². The van der Waals surface area contributed by atoms with Gasteiger partial charge in [0.1, 0.15) is 0 Å². The van der Waals surface area contributed by atoms with Crippen molar-refractivity contribution in [2.24, 2.45) is 0 Å². The molecule has 0 bridgehead atoms. The van der Waals surface area contributed by atoms with Crippen LogP contribution in [0.3, 0.4) is 0 Å². The molecule has 1 aliphatic heterocycles. The van der Waals surface area contributed by atoms with E-state index in [1.165, 1.54) is 0 Å². The first kappa shape index (κ1) is 6.74. The number of thiol groups is 1. The van der Waals surface area contributed by atoms with E-state index in [-0.39, 0.29) is 18.1 Å². The molecule has 0 radical (unpaired) electrons. The molecule has 0 aromatic rings. The molecule has 0 aromatic heterocycles. The molecule has 9 heavy (non-hydrogen) atoms. The van der Waals surface area contributed by atoms with Crippen molar-refractivity contribution in [3.05, 3.63) is 0 Å². The molecular formula is C5H10N2OS. The van der Waals surface area contributed by atoms with E-state index in [0.29, 0.717) is 5.75 Å². The van der Waals surface area contributed by atoms with Gasteiger partial charge in [0, 0.05) is 11.8 Å². The molecule has 0 aromatic carbocycles. The van der Waals surface area contributed by atoms with E-state index in [1.807, 2.05) is 6.92 Å². The predicted molar refractivity (Wildman–Crippen MR) is 38.8 cm³/mol. The largest absolute Gasteiger partial charge is 0.334 e. The fourth-order valence-corrected chi connectivity index (χ4v) is 1.25. The van der Waals surface area contributed by atoms with Gasteiger partial charge in [-0.15, -0.1) is 0 Å². The maximum absolute atomic E-state index is 10.6. The Morgan fingerprint density at radius 3 is 2.56 bits per heavy atom. The van der Waals surface area contributed by atoms with Gasteiger partial charge in [-0.1, -0.05) is 0 Å². The lowest BCUT2D eigenvalue weighted by Gasteiger charge is -2.08. The summed E-state index contributed by atoms with van der Waals surface area (Å²) >= 11 is 4.06. The van der Waals surface area contributed by atoms with E-state index in [9.17, 15) is 4.79 Å². The third-order valence-corrected chi connectivity index (χ3v) is 1.87. The van der Waals surface area contributed by atoms with E-state index in [4.69, 9.17) is 0 Å². The van der Waals surface area contributed by atoms with E-state index in [1.54, 1.807) is 0 Å². The summed E-state index contributed by atoms with van der Waals surface area (Å²) in [6.07, 6.45) is 0. The molecule has 0 spiro atoms. The summed E-state index contributed by atoms with van der Waals surface area (Å²) in [6.45, 7) is 1.96. The minimum atomic E-state index is -0.0819. The number of rotatable bonds is 1. The summed E-state index contributed by atoms with van der Waals surface area (Å²) in [4.78, 5) is 10.6. The molecule has 2 atom stereocenters. The van der Waals surface area contributed by atoms with Gasteiger partial charge in [0.25, 0.3) is 0 Å². The first-order valence-corrected chi connectivity index (χ1v) is 3.55. The van der Waals surface area contributed by atoms with Crippen molar-refractivity contribution in [3.63, 3.8) is 0 Å². The van der Waals surface area contributed by atoms with E-state index >= 15 is 0 Å². The standard InChI is InChI=1S/C5H10N2OS/c1-3-4(2-9)7-5(8)6-3/h3-4,9H,2H2,1H3,(H2,6,7,8). The van der Waals surface area contributed by atoms with Gasteiger partial charge in [-0.2, -0.15) is 12.6 Å². The smallest absolute Gasteiger partial charge is 0.315 e. The molecule has 1 heterocycles. The van der Waals surface area contributed by atoms with Crippen LogP contribution in [0.4, 0.5) is 4.79 Å². The van der Waals surface area contributed by atoms with Gasteiger partial charge in [0.2, 0.25) is 0 Å². The summed E-state index contributed by atoms with van der Waals surface area (Å²) in [5.74, 6) is 0.694. The Hall–Kier alpha value is -0.380. The second-order valence-corrected chi connectivity index (χ2v) is 2.56. The quantitative estimate of drug-likeness (QED) is 0.447. The van der Waals surface area contributed by atoms with E-state index < -0.39 is 0 Å². The zero-order valence-electron chi connectivity index (χ0n) is 5.22. The van der Waals surface area contributed by atoms with Gasteiger partial charge in [0.05, 0.1) is 6.04 Å². The van der Waals surface area contributed by atoms with Gasteiger partial charge in [0.15, 0.2) is 0 Å². The molecule has 3 nitrogen and oxygen atoms in total. The fourth-order valence-electron chi connectivity index (χ4n) is 0.846. The second-order valence-electron chi connectivity index (χ2n) is 2.20. The molecular weight excluding hydrogens is 136 g/mol. The van der Waals surface area contributed by atoms with Crippen molar-refractivity contribution < 1.29 is 4.79 Å². The molecule has 1 aliphatic rings. The molecule has 2 amide bonds. The van der Waals surface area contributed by atoms with Crippen molar-refractivity contribution in [2.75, 3.05) is 5.75 Å². The maximum Gasteiger partial charge on any atom is 0.315 e. The van der Waals surface area contributed by atoms with Crippen LogP contribution >= 0.6 is 12.6 Å².